The number of halogens is 1. The van der Waals surface area contributed by atoms with Gasteiger partial charge in [0.05, 0.1) is 17.8 Å². The molecular weight excluding hydrogens is 421 g/mol. The van der Waals surface area contributed by atoms with E-state index in [1.807, 2.05) is 29.1 Å². The Morgan fingerprint density at radius 1 is 1.18 bits per heavy atom. The van der Waals surface area contributed by atoms with Crippen LogP contribution in [0.15, 0.2) is 55.0 Å². The number of carbonyl (C=O) groups is 2. The number of aromatic nitrogens is 3. The molecule has 1 aliphatic heterocycles. The summed E-state index contributed by atoms with van der Waals surface area (Å²) in [5.74, 6) is 0.417. The van der Waals surface area contributed by atoms with Crippen LogP contribution in [-0.2, 0) is 4.79 Å². The number of hydrogen-bond donors (Lipinski definition) is 1. The van der Waals surface area contributed by atoms with Crippen molar-refractivity contribution in [2.24, 2.45) is 11.8 Å². The quantitative estimate of drug-likeness (QED) is 0.594. The number of piperidine rings is 1. The summed E-state index contributed by atoms with van der Waals surface area (Å²) >= 11 is 0. The number of nitrogens with one attached hydrogen (secondary N) is 1. The third-order valence-corrected chi connectivity index (χ3v) is 5.99. The van der Waals surface area contributed by atoms with Gasteiger partial charge in [0, 0.05) is 32.0 Å². The average Bonchev–Trinajstić information content (AvgIpc) is 3.49. The van der Waals surface area contributed by atoms with E-state index in [9.17, 15) is 14.0 Å². The summed E-state index contributed by atoms with van der Waals surface area (Å²) in [4.78, 5) is 28.0. The van der Waals surface area contributed by atoms with Gasteiger partial charge in [0.2, 0.25) is 5.91 Å². The average molecular weight is 452 g/mol. The highest BCUT2D eigenvalue weighted by Crippen LogP contribution is 2.24. The molecule has 1 atom stereocenters. The lowest BCUT2D eigenvalue weighted by atomic mass is 9.96. The van der Waals surface area contributed by atoms with Gasteiger partial charge in [0.25, 0.3) is 5.91 Å². The fourth-order valence-corrected chi connectivity index (χ4v) is 4.16. The summed E-state index contributed by atoms with van der Waals surface area (Å²) in [6.07, 6.45) is 7.72. The number of nitrogens with zero attached hydrogens (tertiary/aromatic N) is 4. The third kappa shape index (κ3) is 5.16. The van der Waals surface area contributed by atoms with Crippen molar-refractivity contribution in [2.45, 2.75) is 33.1 Å². The van der Waals surface area contributed by atoms with Crippen LogP contribution in [0.4, 0.5) is 4.39 Å². The molecule has 1 saturated heterocycles. The molecule has 33 heavy (non-hydrogen) atoms. The largest absolute Gasteiger partial charge is 0.356 e. The van der Waals surface area contributed by atoms with Crippen molar-refractivity contribution in [3.8, 4) is 11.5 Å². The molecule has 1 N–H and O–H groups in total. The zero-order valence-corrected chi connectivity index (χ0v) is 19.1. The van der Waals surface area contributed by atoms with Crippen LogP contribution in [0.25, 0.3) is 11.5 Å². The first-order valence-corrected chi connectivity index (χ1v) is 11.5. The van der Waals surface area contributed by atoms with Crippen LogP contribution in [0.2, 0.25) is 0 Å². The molecule has 1 fully saturated rings. The lowest BCUT2D eigenvalue weighted by Gasteiger charge is -2.32. The maximum atomic E-state index is 13.6. The Bertz CT molecular complexity index is 1090. The molecule has 174 valence electrons. The van der Waals surface area contributed by atoms with E-state index in [2.05, 4.69) is 24.3 Å². The number of likely N-dealkylation sites (tertiary alicyclic amines) is 1. The van der Waals surface area contributed by atoms with Gasteiger partial charge in [0.1, 0.15) is 11.4 Å². The molecule has 1 aliphatic rings. The van der Waals surface area contributed by atoms with Crippen LogP contribution in [0.1, 0.15) is 43.5 Å². The summed E-state index contributed by atoms with van der Waals surface area (Å²) in [5.41, 5.74) is 1.09. The molecule has 4 rings (SSSR count). The number of carbonyl (C=O) groups excluding carboxylic acids is 2. The van der Waals surface area contributed by atoms with Gasteiger partial charge in [-0.05, 0) is 61.6 Å². The molecule has 0 radical (unpaired) electrons. The van der Waals surface area contributed by atoms with Crippen molar-refractivity contribution < 1.29 is 14.0 Å². The third-order valence-electron chi connectivity index (χ3n) is 5.99. The second kappa shape index (κ2) is 10.0. The Hall–Kier alpha value is -3.42. The minimum absolute atomic E-state index is 0.0146. The van der Waals surface area contributed by atoms with Gasteiger partial charge in [0.15, 0.2) is 5.82 Å². The standard InChI is InChI=1S/C25H30FN5O2/c1-18(2)11-12-27-23(32)19-6-5-15-30(17-19)25(33)22-16-28-31(21-9-7-20(26)8-10-21)24(22)29-13-3-4-14-29/h3-4,7-10,13-14,16,18-19H,5-6,11-12,15,17H2,1-2H3,(H,27,32)/t19-/m1/s1. The van der Waals surface area contributed by atoms with E-state index in [4.69, 9.17) is 0 Å². The molecule has 0 saturated carbocycles. The van der Waals surface area contributed by atoms with Crippen LogP contribution < -0.4 is 5.32 Å². The molecule has 3 heterocycles. The molecular formula is C25H30FN5O2. The summed E-state index contributed by atoms with van der Waals surface area (Å²) < 4.78 is 16.9. The van der Waals surface area contributed by atoms with E-state index in [-0.39, 0.29) is 23.5 Å². The van der Waals surface area contributed by atoms with Gasteiger partial charge >= 0.3 is 0 Å². The normalized spacial score (nSPS) is 16.2. The zero-order valence-electron chi connectivity index (χ0n) is 19.1. The van der Waals surface area contributed by atoms with Crippen LogP contribution in [0, 0.1) is 17.7 Å². The van der Waals surface area contributed by atoms with E-state index < -0.39 is 0 Å². The Morgan fingerprint density at radius 3 is 2.61 bits per heavy atom. The van der Waals surface area contributed by atoms with Crippen molar-refractivity contribution in [1.29, 1.82) is 0 Å². The van der Waals surface area contributed by atoms with E-state index in [0.29, 0.717) is 42.6 Å². The van der Waals surface area contributed by atoms with E-state index in [1.54, 1.807) is 27.9 Å². The summed E-state index contributed by atoms with van der Waals surface area (Å²) in [6, 6.07) is 9.73. The Balaban J connectivity index is 1.56. The summed E-state index contributed by atoms with van der Waals surface area (Å²) in [7, 11) is 0. The van der Waals surface area contributed by atoms with Gasteiger partial charge in [-0.1, -0.05) is 13.8 Å². The van der Waals surface area contributed by atoms with Crippen LogP contribution in [0.3, 0.4) is 0 Å². The molecule has 0 unspecified atom stereocenters. The van der Waals surface area contributed by atoms with Crippen molar-refractivity contribution in [3.63, 3.8) is 0 Å². The Labute approximate surface area is 193 Å². The molecule has 3 aromatic rings. The first-order chi connectivity index (χ1) is 15.9. The van der Waals surface area contributed by atoms with Crippen LogP contribution in [0.5, 0.6) is 0 Å². The van der Waals surface area contributed by atoms with Gasteiger partial charge in [-0.2, -0.15) is 5.10 Å². The van der Waals surface area contributed by atoms with Crippen molar-refractivity contribution in [2.75, 3.05) is 19.6 Å². The van der Waals surface area contributed by atoms with Crippen LogP contribution >= 0.6 is 0 Å². The highest BCUT2D eigenvalue weighted by molar-refractivity contribution is 5.97. The molecule has 0 aliphatic carbocycles. The van der Waals surface area contributed by atoms with E-state index in [1.165, 1.54) is 12.1 Å². The van der Waals surface area contributed by atoms with Gasteiger partial charge in [-0.25, -0.2) is 9.07 Å². The lowest BCUT2D eigenvalue weighted by Crippen LogP contribution is -2.45. The minimum Gasteiger partial charge on any atom is -0.356 e. The van der Waals surface area contributed by atoms with Crippen molar-refractivity contribution >= 4 is 11.8 Å². The number of benzene rings is 1. The van der Waals surface area contributed by atoms with Crippen molar-refractivity contribution in [3.05, 3.63) is 66.4 Å². The molecule has 2 aromatic heterocycles. The second-order valence-electron chi connectivity index (χ2n) is 8.92. The highest BCUT2D eigenvalue weighted by atomic mass is 19.1. The number of amides is 2. The first-order valence-electron chi connectivity index (χ1n) is 11.5. The molecule has 1 aromatic carbocycles. The molecule has 0 spiro atoms. The van der Waals surface area contributed by atoms with E-state index >= 15 is 0 Å². The Kier molecular flexibility index (Phi) is 6.91. The monoisotopic (exact) mass is 451 g/mol. The fourth-order valence-electron chi connectivity index (χ4n) is 4.16. The van der Waals surface area contributed by atoms with Crippen LogP contribution in [-0.4, -0.2) is 50.7 Å². The second-order valence-corrected chi connectivity index (χ2v) is 8.92. The van der Waals surface area contributed by atoms with Gasteiger partial charge in [-0.15, -0.1) is 0 Å². The summed E-state index contributed by atoms with van der Waals surface area (Å²) in [6.45, 7) is 5.90. The van der Waals surface area contributed by atoms with E-state index in [0.717, 1.165) is 19.3 Å². The lowest BCUT2D eigenvalue weighted by molar-refractivity contribution is -0.126. The maximum absolute atomic E-state index is 13.6. The van der Waals surface area contributed by atoms with Crippen molar-refractivity contribution in [1.82, 2.24) is 24.6 Å². The smallest absolute Gasteiger partial charge is 0.259 e. The SMILES string of the molecule is CC(C)CCNC(=O)[C@@H]1CCCN(C(=O)c2cnn(-c3ccc(F)cc3)c2-n2cccc2)C1. The predicted octanol–water partition coefficient (Wildman–Crippen LogP) is 3.82. The maximum Gasteiger partial charge on any atom is 0.259 e. The molecule has 2 amide bonds. The van der Waals surface area contributed by atoms with Gasteiger partial charge < -0.3 is 14.8 Å². The molecule has 0 bridgehead atoms. The molecule has 8 heteroatoms. The van der Waals surface area contributed by atoms with Gasteiger partial charge in [-0.3, -0.25) is 9.59 Å². The topological polar surface area (TPSA) is 72.2 Å². The fraction of sp³-hybridized carbons (Fsp3) is 0.400. The number of hydrogen-bond acceptors (Lipinski definition) is 3. The summed E-state index contributed by atoms with van der Waals surface area (Å²) in [5, 5.41) is 7.46. The zero-order chi connectivity index (χ0) is 23.4. The molecule has 7 nitrogen and oxygen atoms in total. The Morgan fingerprint density at radius 2 is 1.91 bits per heavy atom. The highest BCUT2D eigenvalue weighted by Gasteiger charge is 2.31. The minimum atomic E-state index is -0.337. The first kappa shape index (κ1) is 22.8. The predicted molar refractivity (Wildman–Crippen MR) is 124 cm³/mol. The number of rotatable bonds is 7.